The van der Waals surface area contributed by atoms with Crippen LogP contribution in [-0.4, -0.2) is 23.0 Å². The highest BCUT2D eigenvalue weighted by atomic mass is 35.5. The minimum absolute atomic E-state index is 0.0621. The van der Waals surface area contributed by atoms with Gasteiger partial charge in [0, 0.05) is 16.6 Å². The van der Waals surface area contributed by atoms with Gasteiger partial charge in [-0.05, 0) is 36.1 Å². The summed E-state index contributed by atoms with van der Waals surface area (Å²) in [6.45, 7) is 6.03. The molecule has 0 heterocycles. The van der Waals surface area contributed by atoms with Crippen LogP contribution in [-0.2, 0) is 4.79 Å². The van der Waals surface area contributed by atoms with Gasteiger partial charge in [-0.15, -0.1) is 0 Å². The van der Waals surface area contributed by atoms with Crippen molar-refractivity contribution in [2.24, 2.45) is 5.41 Å². The zero-order valence-electron chi connectivity index (χ0n) is 11.9. The molecule has 1 rings (SSSR count). The van der Waals surface area contributed by atoms with Crippen molar-refractivity contribution in [3.63, 3.8) is 0 Å². The summed E-state index contributed by atoms with van der Waals surface area (Å²) < 4.78 is 0. The van der Waals surface area contributed by atoms with Crippen LogP contribution in [0.4, 0.5) is 0 Å². The van der Waals surface area contributed by atoms with Gasteiger partial charge in [0.25, 0.3) is 5.91 Å². The van der Waals surface area contributed by atoms with Gasteiger partial charge in [0.1, 0.15) is 0 Å². The van der Waals surface area contributed by atoms with E-state index in [1.807, 2.05) is 20.8 Å². The van der Waals surface area contributed by atoms with Crippen LogP contribution < -0.4 is 5.32 Å². The van der Waals surface area contributed by atoms with E-state index < -0.39 is 12.0 Å². The zero-order chi connectivity index (χ0) is 15.3. The first-order chi connectivity index (χ1) is 9.17. The maximum atomic E-state index is 12.1. The maximum absolute atomic E-state index is 12.1. The highest BCUT2D eigenvalue weighted by molar-refractivity contribution is 6.30. The Morgan fingerprint density at radius 1 is 1.25 bits per heavy atom. The molecule has 0 aliphatic carbocycles. The minimum atomic E-state index is -0.921. The number of rotatable bonds is 5. The normalized spacial score (nSPS) is 12.8. The predicted molar refractivity (Wildman–Crippen MR) is 79.0 cm³/mol. The summed E-state index contributed by atoms with van der Waals surface area (Å²) in [5, 5.41) is 12.3. The van der Waals surface area contributed by atoms with E-state index in [1.54, 1.807) is 24.3 Å². The Kier molecular flexibility index (Phi) is 5.57. The Balaban J connectivity index is 2.75. The fraction of sp³-hybridized carbons (Fsp3) is 0.467. The van der Waals surface area contributed by atoms with Crippen molar-refractivity contribution in [2.45, 2.75) is 39.7 Å². The molecule has 0 saturated heterocycles. The molecule has 0 aliphatic rings. The molecule has 0 aromatic heterocycles. The standard InChI is InChI=1S/C15H20ClNO3/c1-15(2,3)9-12(8-13(18)19)17-14(20)10-4-6-11(16)7-5-10/h4-7,12H,8-9H2,1-3H3,(H,17,20)(H,18,19). The SMILES string of the molecule is CC(C)(C)CC(CC(=O)O)NC(=O)c1ccc(Cl)cc1. The van der Waals surface area contributed by atoms with E-state index in [0.29, 0.717) is 17.0 Å². The first-order valence-electron chi connectivity index (χ1n) is 6.45. The lowest BCUT2D eigenvalue weighted by Gasteiger charge is -2.25. The van der Waals surface area contributed by atoms with Gasteiger partial charge in [0.15, 0.2) is 0 Å². The number of hydrogen-bond acceptors (Lipinski definition) is 2. The van der Waals surface area contributed by atoms with Gasteiger partial charge in [0.2, 0.25) is 0 Å². The van der Waals surface area contributed by atoms with Gasteiger partial charge in [-0.25, -0.2) is 0 Å². The molecule has 1 aromatic carbocycles. The van der Waals surface area contributed by atoms with Crippen molar-refractivity contribution >= 4 is 23.5 Å². The van der Waals surface area contributed by atoms with Gasteiger partial charge in [-0.2, -0.15) is 0 Å². The second kappa shape index (κ2) is 6.75. The average Bonchev–Trinajstić information content (AvgIpc) is 2.26. The summed E-state index contributed by atoms with van der Waals surface area (Å²) in [7, 11) is 0. The molecular formula is C15H20ClNO3. The highest BCUT2D eigenvalue weighted by Crippen LogP contribution is 2.22. The molecular weight excluding hydrogens is 278 g/mol. The number of hydrogen-bond donors (Lipinski definition) is 2. The summed E-state index contributed by atoms with van der Waals surface area (Å²) in [4.78, 5) is 23.0. The monoisotopic (exact) mass is 297 g/mol. The third-order valence-corrected chi connectivity index (χ3v) is 2.97. The Hall–Kier alpha value is -1.55. The molecule has 5 heteroatoms. The number of aliphatic carboxylic acids is 1. The topological polar surface area (TPSA) is 66.4 Å². The third-order valence-electron chi connectivity index (χ3n) is 2.72. The molecule has 1 unspecified atom stereocenters. The van der Waals surface area contributed by atoms with Crippen LogP contribution in [0.2, 0.25) is 5.02 Å². The molecule has 4 nitrogen and oxygen atoms in total. The number of halogens is 1. The maximum Gasteiger partial charge on any atom is 0.305 e. The molecule has 1 aromatic rings. The Bertz CT molecular complexity index is 477. The van der Waals surface area contributed by atoms with Crippen molar-refractivity contribution in [1.82, 2.24) is 5.32 Å². The number of amides is 1. The molecule has 20 heavy (non-hydrogen) atoms. The molecule has 0 aliphatic heterocycles. The first-order valence-corrected chi connectivity index (χ1v) is 6.83. The molecule has 0 fully saturated rings. The van der Waals surface area contributed by atoms with E-state index in [4.69, 9.17) is 16.7 Å². The van der Waals surface area contributed by atoms with Crippen LogP contribution in [0.25, 0.3) is 0 Å². The van der Waals surface area contributed by atoms with E-state index in [9.17, 15) is 9.59 Å². The van der Waals surface area contributed by atoms with E-state index in [0.717, 1.165) is 0 Å². The van der Waals surface area contributed by atoms with Gasteiger partial charge in [0.05, 0.1) is 6.42 Å². The minimum Gasteiger partial charge on any atom is -0.481 e. The van der Waals surface area contributed by atoms with Gasteiger partial charge in [-0.3, -0.25) is 9.59 Å². The Morgan fingerprint density at radius 2 is 1.80 bits per heavy atom. The molecule has 110 valence electrons. The van der Waals surface area contributed by atoms with Crippen molar-refractivity contribution < 1.29 is 14.7 Å². The molecule has 1 amide bonds. The predicted octanol–water partition coefficient (Wildman–Crippen LogP) is 3.35. The summed E-state index contributed by atoms with van der Waals surface area (Å²) >= 11 is 5.77. The smallest absolute Gasteiger partial charge is 0.305 e. The van der Waals surface area contributed by atoms with Gasteiger partial charge < -0.3 is 10.4 Å². The van der Waals surface area contributed by atoms with Crippen LogP contribution in [0, 0.1) is 5.41 Å². The molecule has 0 radical (unpaired) electrons. The number of carboxylic acids is 1. The van der Waals surface area contributed by atoms with Crippen LogP contribution in [0.15, 0.2) is 24.3 Å². The zero-order valence-corrected chi connectivity index (χ0v) is 12.7. The summed E-state index contributed by atoms with van der Waals surface area (Å²) in [6, 6.07) is 6.11. The number of carbonyl (C=O) groups excluding carboxylic acids is 1. The molecule has 2 N–H and O–H groups in total. The lowest BCUT2D eigenvalue weighted by Crippen LogP contribution is -2.39. The van der Waals surface area contributed by atoms with E-state index >= 15 is 0 Å². The quantitative estimate of drug-likeness (QED) is 0.876. The Labute approximate surface area is 124 Å². The largest absolute Gasteiger partial charge is 0.481 e. The Morgan fingerprint density at radius 3 is 2.25 bits per heavy atom. The number of benzene rings is 1. The lowest BCUT2D eigenvalue weighted by atomic mass is 9.87. The van der Waals surface area contributed by atoms with E-state index in [2.05, 4.69) is 5.32 Å². The number of carbonyl (C=O) groups is 2. The van der Waals surface area contributed by atoms with Crippen LogP contribution in [0.1, 0.15) is 44.0 Å². The van der Waals surface area contributed by atoms with Crippen molar-refractivity contribution in [2.75, 3.05) is 0 Å². The van der Waals surface area contributed by atoms with Crippen molar-refractivity contribution in [3.05, 3.63) is 34.9 Å². The van der Waals surface area contributed by atoms with E-state index in [-0.39, 0.29) is 17.7 Å². The van der Waals surface area contributed by atoms with Crippen LogP contribution >= 0.6 is 11.6 Å². The van der Waals surface area contributed by atoms with Gasteiger partial charge in [-0.1, -0.05) is 32.4 Å². The number of carboxylic acid groups (broad SMARTS) is 1. The van der Waals surface area contributed by atoms with Crippen molar-refractivity contribution in [3.8, 4) is 0 Å². The molecule has 0 bridgehead atoms. The van der Waals surface area contributed by atoms with Crippen LogP contribution in [0.3, 0.4) is 0 Å². The third kappa shape index (κ3) is 6.06. The second-order valence-corrected chi connectivity index (χ2v) is 6.48. The highest BCUT2D eigenvalue weighted by Gasteiger charge is 2.23. The second-order valence-electron chi connectivity index (χ2n) is 6.04. The summed E-state index contributed by atoms with van der Waals surface area (Å²) in [5.74, 6) is -1.20. The van der Waals surface area contributed by atoms with Crippen molar-refractivity contribution in [1.29, 1.82) is 0 Å². The summed E-state index contributed by atoms with van der Waals surface area (Å²) in [6.07, 6.45) is 0.509. The van der Waals surface area contributed by atoms with Crippen LogP contribution in [0.5, 0.6) is 0 Å². The first kappa shape index (κ1) is 16.5. The summed E-state index contributed by atoms with van der Waals surface area (Å²) in [5.41, 5.74) is 0.409. The van der Waals surface area contributed by atoms with Gasteiger partial charge >= 0.3 is 5.97 Å². The fourth-order valence-corrected chi connectivity index (χ4v) is 2.12. The average molecular weight is 298 g/mol. The molecule has 0 spiro atoms. The van der Waals surface area contributed by atoms with E-state index in [1.165, 1.54) is 0 Å². The molecule has 0 saturated carbocycles. The molecule has 1 atom stereocenters. The number of nitrogens with one attached hydrogen (secondary N) is 1. The lowest BCUT2D eigenvalue weighted by molar-refractivity contribution is -0.137. The fourth-order valence-electron chi connectivity index (χ4n) is 1.99.